The third-order valence-corrected chi connectivity index (χ3v) is 17.2. The highest BCUT2D eigenvalue weighted by molar-refractivity contribution is 5.73. The number of aliphatic carboxylic acids is 1. The predicted molar refractivity (Wildman–Crippen MR) is 208 cm³/mol. The van der Waals surface area contributed by atoms with Crippen LogP contribution in [0.1, 0.15) is 121 Å². The van der Waals surface area contributed by atoms with E-state index < -0.39 is 17.4 Å². The van der Waals surface area contributed by atoms with E-state index in [4.69, 9.17) is 25.3 Å². The van der Waals surface area contributed by atoms with Gasteiger partial charge in [-0.25, -0.2) is 9.67 Å². The maximum Gasteiger partial charge on any atom is 0.307 e. The average molecular weight is 730 g/mol. The van der Waals surface area contributed by atoms with E-state index in [0.29, 0.717) is 37.6 Å². The quantitative estimate of drug-likeness (QED) is 0.259. The van der Waals surface area contributed by atoms with Crippen LogP contribution in [0.15, 0.2) is 42.5 Å². The van der Waals surface area contributed by atoms with Crippen LogP contribution in [0.4, 0.5) is 0 Å². The second-order valence-electron chi connectivity index (χ2n) is 20.8. The van der Waals surface area contributed by atoms with Crippen molar-refractivity contribution in [2.45, 2.75) is 132 Å². The Labute approximate surface area is 318 Å². The lowest BCUT2D eigenvalue weighted by Crippen LogP contribution is -2.69. The molecule has 3 saturated carbocycles. The average Bonchev–Trinajstić information content (AvgIpc) is 3.57. The summed E-state index contributed by atoms with van der Waals surface area (Å²) in [4.78, 5) is 22.7. The first-order valence-corrected chi connectivity index (χ1v) is 20.4. The molecular formula is C44H67N5O4. The molecular weight excluding hydrogens is 663 g/mol. The van der Waals surface area contributed by atoms with E-state index in [0.717, 1.165) is 49.9 Å². The highest BCUT2D eigenvalue weighted by Crippen LogP contribution is 2.75. The van der Waals surface area contributed by atoms with Crippen molar-refractivity contribution in [3.63, 3.8) is 0 Å². The number of aromatic nitrogens is 4. The Hall–Kier alpha value is -2.62. The minimum Gasteiger partial charge on any atom is -0.481 e. The minimum absolute atomic E-state index is 0.115. The number of hydrogen-bond acceptors (Lipinski definition) is 7. The van der Waals surface area contributed by atoms with E-state index in [-0.39, 0.29) is 50.6 Å². The maximum absolute atomic E-state index is 13.6. The topological polar surface area (TPSA) is 125 Å². The summed E-state index contributed by atoms with van der Waals surface area (Å²) in [5.74, 6) is 1.12. The number of allylic oxidation sites excluding steroid dienone is 1. The van der Waals surface area contributed by atoms with E-state index in [1.807, 2.05) is 24.5 Å². The Morgan fingerprint density at radius 2 is 1.75 bits per heavy atom. The van der Waals surface area contributed by atoms with Gasteiger partial charge in [0.25, 0.3) is 0 Å². The number of carbonyl (C=O) groups is 1. The molecule has 53 heavy (non-hydrogen) atoms. The fourth-order valence-corrected chi connectivity index (χ4v) is 12.8. The second-order valence-corrected chi connectivity index (χ2v) is 20.8. The second kappa shape index (κ2) is 12.7. The zero-order valence-electron chi connectivity index (χ0n) is 34.4. The molecule has 3 N–H and O–H groups in total. The molecule has 1 unspecified atom stereocenters. The lowest BCUT2D eigenvalue weighted by Gasteiger charge is -2.71. The minimum atomic E-state index is -0.625. The van der Waals surface area contributed by atoms with Crippen LogP contribution in [0.5, 0.6) is 0 Å². The van der Waals surface area contributed by atoms with E-state index in [9.17, 15) is 9.90 Å². The lowest BCUT2D eigenvalue weighted by atomic mass is 9.34. The number of nitrogens with zero attached hydrogens (tertiary/aromatic N) is 4. The fourth-order valence-electron chi connectivity index (χ4n) is 12.8. The molecule has 9 heteroatoms. The largest absolute Gasteiger partial charge is 0.481 e. The van der Waals surface area contributed by atoms with Crippen LogP contribution >= 0.6 is 0 Å². The summed E-state index contributed by atoms with van der Waals surface area (Å²) in [6.07, 6.45) is 13.3. The van der Waals surface area contributed by atoms with Gasteiger partial charge in [0.15, 0.2) is 5.82 Å². The Kier molecular flexibility index (Phi) is 9.26. The van der Waals surface area contributed by atoms with Crippen molar-refractivity contribution in [1.29, 1.82) is 0 Å². The van der Waals surface area contributed by atoms with Crippen LogP contribution in [0, 0.1) is 62.1 Å². The summed E-state index contributed by atoms with van der Waals surface area (Å²) < 4.78 is 16.1. The summed E-state index contributed by atoms with van der Waals surface area (Å²) in [5, 5.41) is 16.1. The highest BCUT2D eigenvalue weighted by atomic mass is 16.5. The predicted octanol–water partition coefficient (Wildman–Crippen LogP) is 8.62. The number of ether oxygens (including phenoxy) is 2. The third kappa shape index (κ3) is 5.47. The van der Waals surface area contributed by atoms with E-state index in [1.54, 1.807) is 6.33 Å². The smallest absolute Gasteiger partial charge is 0.307 e. The van der Waals surface area contributed by atoms with Crippen molar-refractivity contribution in [3.8, 4) is 11.4 Å². The molecule has 4 aliphatic carbocycles. The summed E-state index contributed by atoms with van der Waals surface area (Å²) in [5.41, 5.74) is 7.43. The Morgan fingerprint density at radius 3 is 2.40 bits per heavy atom. The van der Waals surface area contributed by atoms with Crippen molar-refractivity contribution in [3.05, 3.63) is 42.5 Å². The molecule has 0 amide bonds. The van der Waals surface area contributed by atoms with Crippen molar-refractivity contribution in [2.75, 3.05) is 19.8 Å². The van der Waals surface area contributed by atoms with Gasteiger partial charge < -0.3 is 20.3 Å². The SMILES string of the molecule is CC(C)[C@@H](C)[C@@]1(C)CC[C@]2(C)[C@H]3CC[C@@H]4[C@@]5(COC[C@]4(C)[C@@H](OC[C@](C)(N)C(C)(C)C)[C@H](n4ncnc4-c4ccncc4)C5)C3=CC[C@@]2(C)C1C(=O)O. The van der Waals surface area contributed by atoms with Crippen molar-refractivity contribution >= 4 is 5.97 Å². The molecule has 7 rings (SSSR count). The van der Waals surface area contributed by atoms with E-state index in [2.05, 4.69) is 91.9 Å². The first-order chi connectivity index (χ1) is 24.7. The van der Waals surface area contributed by atoms with Gasteiger partial charge in [-0.1, -0.05) is 80.9 Å². The molecule has 9 nitrogen and oxygen atoms in total. The van der Waals surface area contributed by atoms with Crippen LogP contribution in [0.25, 0.3) is 11.4 Å². The van der Waals surface area contributed by atoms with Crippen LogP contribution in [-0.4, -0.2) is 62.3 Å². The van der Waals surface area contributed by atoms with Crippen LogP contribution in [0.2, 0.25) is 0 Å². The molecule has 1 aliphatic heterocycles. The van der Waals surface area contributed by atoms with Gasteiger partial charge in [0.1, 0.15) is 6.33 Å². The zero-order chi connectivity index (χ0) is 38.6. The first-order valence-electron chi connectivity index (χ1n) is 20.4. The molecule has 4 fully saturated rings. The molecule has 2 aromatic rings. The molecule has 0 radical (unpaired) electrons. The van der Waals surface area contributed by atoms with E-state index in [1.165, 1.54) is 5.57 Å². The Balaban J connectivity index is 1.35. The van der Waals surface area contributed by atoms with Gasteiger partial charge in [-0.15, -0.1) is 0 Å². The molecule has 2 bridgehead atoms. The van der Waals surface area contributed by atoms with Crippen molar-refractivity contribution in [2.24, 2.45) is 67.8 Å². The Bertz CT molecular complexity index is 1730. The number of carboxylic acid groups (broad SMARTS) is 1. The van der Waals surface area contributed by atoms with Crippen LogP contribution < -0.4 is 5.73 Å². The van der Waals surface area contributed by atoms with Gasteiger partial charge >= 0.3 is 5.97 Å². The summed E-state index contributed by atoms with van der Waals surface area (Å²) >= 11 is 0. The number of nitrogens with two attached hydrogens (primary N) is 1. The van der Waals surface area contributed by atoms with Crippen molar-refractivity contribution in [1.82, 2.24) is 19.7 Å². The molecule has 5 aliphatic rings. The monoisotopic (exact) mass is 730 g/mol. The van der Waals surface area contributed by atoms with Gasteiger partial charge in [-0.3, -0.25) is 9.78 Å². The number of pyridine rings is 1. The first kappa shape index (κ1) is 38.6. The lowest BCUT2D eigenvalue weighted by molar-refractivity contribution is -0.253. The molecule has 1 saturated heterocycles. The van der Waals surface area contributed by atoms with Gasteiger partial charge in [-0.2, -0.15) is 5.10 Å². The standard InChI is InChI=1S/C44H67N5O4/c1-27(2)28(3)39(7)18-19-41(9)30-12-13-33-40(8)23-52-25-44(33,31(30)14-17-42(41,10)34(39)37(50)51)22-32(35(40)53-24-43(11,45)38(4,5)6)49-36(47-26-48-49)29-15-20-46-21-16-29/h14-16,20-21,26-28,30,32-35H,12-13,17-19,22-25,45H2,1-11H3,(H,50,51)/t28-,30+,32-,33+,34?,35+,39-,40+,41-,42+,43+,44+/m1/s1. The fraction of sp³-hybridized carbons (Fsp3) is 0.773. The maximum atomic E-state index is 13.6. The van der Waals surface area contributed by atoms with Gasteiger partial charge in [-0.05, 0) is 103 Å². The molecule has 2 aromatic heterocycles. The van der Waals surface area contributed by atoms with Gasteiger partial charge in [0.2, 0.25) is 0 Å². The molecule has 3 heterocycles. The van der Waals surface area contributed by atoms with Crippen LogP contribution in [0.3, 0.4) is 0 Å². The molecule has 0 spiro atoms. The third-order valence-electron chi connectivity index (χ3n) is 17.2. The van der Waals surface area contributed by atoms with Crippen molar-refractivity contribution < 1.29 is 19.4 Å². The summed E-state index contributed by atoms with van der Waals surface area (Å²) in [7, 11) is 0. The zero-order valence-corrected chi connectivity index (χ0v) is 34.4. The number of hydrogen-bond donors (Lipinski definition) is 2. The molecule has 0 aromatic carbocycles. The van der Waals surface area contributed by atoms with Crippen LogP contribution in [-0.2, 0) is 14.3 Å². The summed E-state index contributed by atoms with van der Waals surface area (Å²) in [6.45, 7) is 26.6. The highest BCUT2D eigenvalue weighted by Gasteiger charge is 2.72. The molecule has 292 valence electrons. The van der Waals surface area contributed by atoms with E-state index >= 15 is 0 Å². The number of rotatable bonds is 8. The Morgan fingerprint density at radius 1 is 1.06 bits per heavy atom. The molecule has 12 atom stereocenters. The summed E-state index contributed by atoms with van der Waals surface area (Å²) in [6, 6.07) is 3.89. The van der Waals surface area contributed by atoms with Gasteiger partial charge in [0, 0.05) is 34.3 Å². The number of carboxylic acids is 1. The number of fused-ring (bicyclic) bond motifs is 3. The normalized spacial score (nSPS) is 41.4. The van der Waals surface area contributed by atoms with Gasteiger partial charge in [0.05, 0.1) is 37.9 Å².